The molecule has 2 aromatic rings. The molecule has 1 fully saturated rings. The van der Waals surface area contributed by atoms with Crippen LogP contribution in [0.15, 0.2) is 48.5 Å². The van der Waals surface area contributed by atoms with Crippen LogP contribution in [0.1, 0.15) is 24.0 Å². The second kappa shape index (κ2) is 7.04. The summed E-state index contributed by atoms with van der Waals surface area (Å²) in [7, 11) is 0. The molecule has 140 valence electrons. The van der Waals surface area contributed by atoms with Crippen LogP contribution >= 0.6 is 0 Å². The molecule has 1 saturated heterocycles. The Kier molecular flexibility index (Phi) is 4.58. The van der Waals surface area contributed by atoms with Gasteiger partial charge in [0.2, 0.25) is 0 Å². The van der Waals surface area contributed by atoms with Crippen molar-refractivity contribution in [3.8, 4) is 11.1 Å². The third kappa shape index (κ3) is 3.06. The molecule has 0 spiro atoms. The summed E-state index contributed by atoms with van der Waals surface area (Å²) in [6, 6.07) is 15.0. The molecule has 1 aliphatic carbocycles. The van der Waals surface area contributed by atoms with Crippen molar-refractivity contribution in [2.75, 3.05) is 19.8 Å². The average molecular weight is 367 g/mol. The maximum absolute atomic E-state index is 12.7. The van der Waals surface area contributed by atoms with Crippen LogP contribution < -0.4 is 0 Å². The predicted molar refractivity (Wildman–Crippen MR) is 98.6 cm³/mol. The number of carbonyl (C=O) groups is 2. The molecule has 6 heteroatoms. The van der Waals surface area contributed by atoms with E-state index in [0.717, 1.165) is 22.3 Å². The fraction of sp³-hybridized carbons (Fsp3) is 0.333. The fourth-order valence-corrected chi connectivity index (χ4v) is 3.79. The van der Waals surface area contributed by atoms with Crippen molar-refractivity contribution in [2.45, 2.75) is 24.9 Å². The van der Waals surface area contributed by atoms with E-state index >= 15 is 0 Å². The molecule has 4 rings (SSSR count). The summed E-state index contributed by atoms with van der Waals surface area (Å²) in [4.78, 5) is 25.4. The SMILES string of the molecule is CC(C(=O)O)N(C(=O)OCC1c2ccccc2-c2ccccc21)C1COC1. The van der Waals surface area contributed by atoms with Gasteiger partial charge in [-0.1, -0.05) is 48.5 Å². The van der Waals surface area contributed by atoms with Gasteiger partial charge in [0, 0.05) is 5.92 Å². The highest BCUT2D eigenvalue weighted by Gasteiger charge is 2.38. The van der Waals surface area contributed by atoms with E-state index in [4.69, 9.17) is 9.47 Å². The molecule has 6 nitrogen and oxygen atoms in total. The van der Waals surface area contributed by atoms with Gasteiger partial charge < -0.3 is 14.6 Å². The van der Waals surface area contributed by atoms with E-state index < -0.39 is 18.1 Å². The number of carboxylic acids is 1. The normalized spacial score (nSPS) is 16.8. The van der Waals surface area contributed by atoms with Gasteiger partial charge in [-0.3, -0.25) is 4.90 Å². The quantitative estimate of drug-likeness (QED) is 0.879. The second-order valence-corrected chi connectivity index (χ2v) is 6.92. The van der Waals surface area contributed by atoms with E-state index in [1.165, 1.54) is 11.8 Å². The number of benzene rings is 2. The van der Waals surface area contributed by atoms with E-state index in [1.807, 2.05) is 36.4 Å². The average Bonchev–Trinajstić information content (AvgIpc) is 2.96. The summed E-state index contributed by atoms with van der Waals surface area (Å²) in [5, 5.41) is 9.32. The number of aliphatic carboxylic acids is 1. The van der Waals surface area contributed by atoms with Crippen LogP contribution in [0.25, 0.3) is 11.1 Å². The first-order valence-corrected chi connectivity index (χ1v) is 9.01. The molecule has 1 unspecified atom stereocenters. The predicted octanol–water partition coefficient (Wildman–Crippen LogP) is 3.11. The molecule has 1 aliphatic heterocycles. The van der Waals surface area contributed by atoms with Gasteiger partial charge in [-0.25, -0.2) is 9.59 Å². The summed E-state index contributed by atoms with van der Waals surface area (Å²) in [6.45, 7) is 2.33. The second-order valence-electron chi connectivity index (χ2n) is 6.92. The van der Waals surface area contributed by atoms with Gasteiger partial charge >= 0.3 is 12.1 Å². The highest BCUT2D eigenvalue weighted by molar-refractivity contribution is 5.81. The Morgan fingerprint density at radius 1 is 1.11 bits per heavy atom. The molecule has 0 saturated carbocycles. The number of amides is 1. The molecule has 2 aromatic carbocycles. The third-order valence-corrected chi connectivity index (χ3v) is 5.34. The Hall–Kier alpha value is -2.86. The van der Waals surface area contributed by atoms with Crippen LogP contribution in [0.2, 0.25) is 0 Å². The minimum Gasteiger partial charge on any atom is -0.480 e. The van der Waals surface area contributed by atoms with Gasteiger partial charge in [0.15, 0.2) is 0 Å². The fourth-order valence-electron chi connectivity index (χ4n) is 3.79. The van der Waals surface area contributed by atoms with Crippen molar-refractivity contribution in [3.05, 3.63) is 59.7 Å². The number of hydrogen-bond donors (Lipinski definition) is 1. The van der Waals surface area contributed by atoms with Crippen LogP contribution in [0.3, 0.4) is 0 Å². The Bertz CT molecular complexity index is 831. The monoisotopic (exact) mass is 367 g/mol. The first kappa shape index (κ1) is 17.5. The van der Waals surface area contributed by atoms with E-state index in [9.17, 15) is 14.7 Å². The van der Waals surface area contributed by atoms with Crippen LogP contribution in [-0.4, -0.2) is 54.0 Å². The lowest BCUT2D eigenvalue weighted by Crippen LogP contribution is -2.57. The molecular weight excluding hydrogens is 346 g/mol. The lowest BCUT2D eigenvalue weighted by atomic mass is 9.98. The summed E-state index contributed by atoms with van der Waals surface area (Å²) in [5.74, 6) is -1.11. The highest BCUT2D eigenvalue weighted by atomic mass is 16.6. The van der Waals surface area contributed by atoms with Crippen LogP contribution in [0, 0.1) is 0 Å². The molecule has 1 atom stereocenters. The number of hydrogen-bond acceptors (Lipinski definition) is 4. The molecule has 1 heterocycles. The largest absolute Gasteiger partial charge is 0.480 e. The zero-order valence-electron chi connectivity index (χ0n) is 15.0. The summed E-state index contributed by atoms with van der Waals surface area (Å²) in [6.07, 6.45) is -0.611. The van der Waals surface area contributed by atoms with Gasteiger partial charge in [-0.15, -0.1) is 0 Å². The molecule has 2 aliphatic rings. The Labute approximate surface area is 157 Å². The van der Waals surface area contributed by atoms with Gasteiger partial charge in [0.05, 0.1) is 19.3 Å². The zero-order valence-corrected chi connectivity index (χ0v) is 15.0. The van der Waals surface area contributed by atoms with Crippen molar-refractivity contribution >= 4 is 12.1 Å². The highest BCUT2D eigenvalue weighted by Crippen LogP contribution is 2.44. The summed E-state index contributed by atoms with van der Waals surface area (Å²) >= 11 is 0. The maximum Gasteiger partial charge on any atom is 0.410 e. The van der Waals surface area contributed by atoms with Gasteiger partial charge in [0.25, 0.3) is 0 Å². The van der Waals surface area contributed by atoms with Gasteiger partial charge in [0.1, 0.15) is 12.6 Å². The van der Waals surface area contributed by atoms with E-state index in [2.05, 4.69) is 12.1 Å². The zero-order chi connectivity index (χ0) is 19.0. The Morgan fingerprint density at radius 2 is 1.67 bits per heavy atom. The molecule has 1 amide bonds. The maximum atomic E-state index is 12.7. The minimum atomic E-state index is -1.06. The standard InChI is InChI=1S/C21H21NO5/c1-13(20(23)24)22(14-10-26-11-14)21(25)27-12-19-17-8-4-2-6-15(17)16-7-3-5-9-18(16)19/h2-9,13-14,19H,10-12H2,1H3,(H,23,24). The molecule has 0 radical (unpaired) electrons. The van der Waals surface area contributed by atoms with Gasteiger partial charge in [-0.05, 0) is 29.2 Å². The molecule has 0 aromatic heterocycles. The molecule has 27 heavy (non-hydrogen) atoms. The van der Waals surface area contributed by atoms with Crippen molar-refractivity contribution < 1.29 is 24.2 Å². The van der Waals surface area contributed by atoms with E-state index in [1.54, 1.807) is 0 Å². The van der Waals surface area contributed by atoms with Crippen LogP contribution in [0.4, 0.5) is 4.79 Å². The Balaban J connectivity index is 1.54. The number of carbonyl (C=O) groups excluding carboxylic acids is 1. The van der Waals surface area contributed by atoms with E-state index in [0.29, 0.717) is 13.2 Å². The van der Waals surface area contributed by atoms with Crippen molar-refractivity contribution in [1.82, 2.24) is 4.90 Å². The topological polar surface area (TPSA) is 76.1 Å². The molecule has 1 N–H and O–H groups in total. The summed E-state index contributed by atoms with van der Waals surface area (Å²) in [5.41, 5.74) is 4.54. The van der Waals surface area contributed by atoms with Crippen molar-refractivity contribution in [2.24, 2.45) is 0 Å². The van der Waals surface area contributed by atoms with E-state index in [-0.39, 0.29) is 18.6 Å². The van der Waals surface area contributed by atoms with Crippen LogP contribution in [0.5, 0.6) is 0 Å². The van der Waals surface area contributed by atoms with Crippen molar-refractivity contribution in [3.63, 3.8) is 0 Å². The molecule has 0 bridgehead atoms. The number of ether oxygens (including phenoxy) is 2. The van der Waals surface area contributed by atoms with Crippen molar-refractivity contribution in [1.29, 1.82) is 0 Å². The lowest BCUT2D eigenvalue weighted by molar-refractivity contribution is -0.147. The number of rotatable bonds is 5. The third-order valence-electron chi connectivity index (χ3n) is 5.34. The lowest BCUT2D eigenvalue weighted by Gasteiger charge is -2.38. The first-order valence-electron chi connectivity index (χ1n) is 9.01. The Morgan fingerprint density at radius 3 is 2.15 bits per heavy atom. The first-order chi connectivity index (χ1) is 13.1. The molecular formula is C21H21NO5. The number of carboxylic acid groups (broad SMARTS) is 1. The minimum absolute atomic E-state index is 0.0547. The van der Waals surface area contributed by atoms with Gasteiger partial charge in [-0.2, -0.15) is 0 Å². The van der Waals surface area contributed by atoms with Crippen LogP contribution in [-0.2, 0) is 14.3 Å². The summed E-state index contributed by atoms with van der Waals surface area (Å²) < 4.78 is 10.7. The number of nitrogens with zero attached hydrogens (tertiary/aromatic N) is 1. The smallest absolute Gasteiger partial charge is 0.410 e. The number of fused-ring (bicyclic) bond motifs is 3.